The number of amides is 2. The zero-order valence-corrected chi connectivity index (χ0v) is 9.71. The average molecular weight is 224 g/mol. The number of likely N-dealkylation sites (tertiary alicyclic amines) is 1. The van der Waals surface area contributed by atoms with Crippen LogP contribution in [0.2, 0.25) is 0 Å². The van der Waals surface area contributed by atoms with Gasteiger partial charge in [-0.25, -0.2) is 0 Å². The fourth-order valence-corrected chi connectivity index (χ4v) is 2.55. The highest BCUT2D eigenvalue weighted by molar-refractivity contribution is 5.85. The van der Waals surface area contributed by atoms with Crippen molar-refractivity contribution in [1.82, 2.24) is 10.2 Å². The van der Waals surface area contributed by atoms with Crippen molar-refractivity contribution in [1.29, 1.82) is 0 Å². The predicted molar refractivity (Wildman–Crippen MR) is 60.8 cm³/mol. The summed E-state index contributed by atoms with van der Waals surface area (Å²) in [6.07, 6.45) is 7.24. The fraction of sp³-hybridized carbons (Fsp3) is 0.833. The molecule has 1 saturated heterocycles. The zero-order chi connectivity index (χ0) is 11.4. The molecule has 4 nitrogen and oxygen atoms in total. The minimum atomic E-state index is 0.0159. The van der Waals surface area contributed by atoms with E-state index >= 15 is 0 Å². The normalized spacial score (nSPS) is 22.5. The summed E-state index contributed by atoms with van der Waals surface area (Å²) in [6, 6.07) is 0.354. The number of carbonyl (C=O) groups excluding carboxylic acids is 2. The second-order valence-electron chi connectivity index (χ2n) is 4.82. The Morgan fingerprint density at radius 2 is 2.00 bits per heavy atom. The molecule has 0 radical (unpaired) electrons. The first-order valence-corrected chi connectivity index (χ1v) is 6.33. The van der Waals surface area contributed by atoms with Crippen LogP contribution in [0.3, 0.4) is 0 Å². The quantitative estimate of drug-likeness (QED) is 0.779. The van der Waals surface area contributed by atoms with E-state index in [1.54, 1.807) is 4.90 Å². The molecule has 0 aromatic heterocycles. The molecular formula is C12H20N2O2. The van der Waals surface area contributed by atoms with Crippen molar-refractivity contribution in [3.63, 3.8) is 0 Å². The number of hydrogen-bond donors (Lipinski definition) is 1. The number of piperidine rings is 1. The Kier molecular flexibility index (Phi) is 3.80. The van der Waals surface area contributed by atoms with E-state index in [1.807, 2.05) is 0 Å². The van der Waals surface area contributed by atoms with Crippen LogP contribution in [0.25, 0.3) is 0 Å². The highest BCUT2D eigenvalue weighted by atomic mass is 16.2. The number of hydrogen-bond acceptors (Lipinski definition) is 2. The molecule has 2 aliphatic rings. The molecule has 1 N–H and O–H groups in total. The molecule has 0 aromatic carbocycles. The summed E-state index contributed by atoms with van der Waals surface area (Å²) in [5.41, 5.74) is 0. The van der Waals surface area contributed by atoms with E-state index in [4.69, 9.17) is 0 Å². The Morgan fingerprint density at radius 1 is 1.25 bits per heavy atom. The second-order valence-corrected chi connectivity index (χ2v) is 4.82. The first-order chi connectivity index (χ1) is 7.75. The highest BCUT2D eigenvalue weighted by Crippen LogP contribution is 2.17. The van der Waals surface area contributed by atoms with Crippen LogP contribution in [0.5, 0.6) is 0 Å². The summed E-state index contributed by atoms with van der Waals surface area (Å²) in [7, 11) is 0. The monoisotopic (exact) mass is 224 g/mol. The Labute approximate surface area is 96.4 Å². The Bertz CT molecular complexity index is 272. The van der Waals surface area contributed by atoms with Crippen molar-refractivity contribution in [3.8, 4) is 0 Å². The van der Waals surface area contributed by atoms with E-state index in [9.17, 15) is 9.59 Å². The van der Waals surface area contributed by atoms with Gasteiger partial charge in [0.1, 0.15) is 0 Å². The van der Waals surface area contributed by atoms with E-state index in [0.29, 0.717) is 12.5 Å². The van der Waals surface area contributed by atoms with Crippen molar-refractivity contribution in [2.45, 2.75) is 51.0 Å². The Balaban J connectivity index is 1.75. The first-order valence-electron chi connectivity index (χ1n) is 6.33. The van der Waals surface area contributed by atoms with E-state index in [-0.39, 0.29) is 18.4 Å². The maximum atomic E-state index is 11.7. The van der Waals surface area contributed by atoms with Gasteiger partial charge < -0.3 is 10.2 Å². The molecule has 0 aromatic rings. The molecule has 0 atom stereocenters. The Morgan fingerprint density at radius 3 is 2.69 bits per heavy atom. The molecule has 2 rings (SSSR count). The topological polar surface area (TPSA) is 49.4 Å². The van der Waals surface area contributed by atoms with Gasteiger partial charge in [-0.15, -0.1) is 0 Å². The predicted octanol–water partition coefficient (Wildman–Crippen LogP) is 1.06. The lowest BCUT2D eigenvalue weighted by molar-refractivity contribution is -0.138. The third-order valence-corrected chi connectivity index (χ3v) is 3.48. The average Bonchev–Trinajstić information content (AvgIpc) is 2.74. The molecule has 1 aliphatic carbocycles. The summed E-state index contributed by atoms with van der Waals surface area (Å²) < 4.78 is 0. The summed E-state index contributed by atoms with van der Waals surface area (Å²) in [5.74, 6) is 0.148. The molecule has 0 spiro atoms. The van der Waals surface area contributed by atoms with Gasteiger partial charge in [0.2, 0.25) is 11.8 Å². The minimum Gasteiger partial charge on any atom is -0.352 e. The number of rotatable bonds is 3. The molecule has 2 fully saturated rings. The molecule has 2 amide bonds. The lowest BCUT2D eigenvalue weighted by atomic mass is 10.1. The van der Waals surface area contributed by atoms with Crippen molar-refractivity contribution >= 4 is 11.8 Å². The van der Waals surface area contributed by atoms with Crippen LogP contribution in [-0.2, 0) is 9.59 Å². The molecular weight excluding hydrogens is 204 g/mol. The summed E-state index contributed by atoms with van der Waals surface area (Å²) in [6.45, 7) is 1.01. The molecule has 4 heteroatoms. The van der Waals surface area contributed by atoms with E-state index in [2.05, 4.69) is 5.32 Å². The molecule has 1 heterocycles. The summed E-state index contributed by atoms with van der Waals surface area (Å²) in [5, 5.41) is 3.01. The van der Waals surface area contributed by atoms with Crippen molar-refractivity contribution in [3.05, 3.63) is 0 Å². The number of nitrogens with zero attached hydrogens (tertiary/aromatic N) is 1. The third kappa shape index (κ3) is 2.97. The van der Waals surface area contributed by atoms with Crippen LogP contribution < -0.4 is 5.32 Å². The van der Waals surface area contributed by atoms with Crippen LogP contribution >= 0.6 is 0 Å². The SMILES string of the molecule is O=C(CN1CCCCC1=O)NC1CCCC1. The van der Waals surface area contributed by atoms with Crippen LogP contribution in [0.1, 0.15) is 44.9 Å². The Hall–Kier alpha value is -1.06. The van der Waals surface area contributed by atoms with Crippen molar-refractivity contribution in [2.24, 2.45) is 0 Å². The van der Waals surface area contributed by atoms with Gasteiger partial charge in [-0.05, 0) is 25.7 Å². The largest absolute Gasteiger partial charge is 0.352 e. The fourth-order valence-electron chi connectivity index (χ4n) is 2.55. The van der Waals surface area contributed by atoms with Crippen LogP contribution in [-0.4, -0.2) is 35.8 Å². The van der Waals surface area contributed by atoms with Crippen LogP contribution in [0, 0.1) is 0 Å². The van der Waals surface area contributed by atoms with Crippen molar-refractivity contribution < 1.29 is 9.59 Å². The first kappa shape index (κ1) is 11.4. The van der Waals surface area contributed by atoms with Gasteiger partial charge in [0.25, 0.3) is 0 Å². The van der Waals surface area contributed by atoms with Gasteiger partial charge in [0, 0.05) is 19.0 Å². The second kappa shape index (κ2) is 5.32. The number of carbonyl (C=O) groups is 2. The van der Waals surface area contributed by atoms with Crippen molar-refractivity contribution in [2.75, 3.05) is 13.1 Å². The molecule has 1 aliphatic heterocycles. The molecule has 0 bridgehead atoms. The van der Waals surface area contributed by atoms with Gasteiger partial charge in [-0.2, -0.15) is 0 Å². The summed E-state index contributed by atoms with van der Waals surface area (Å²) in [4.78, 5) is 24.9. The van der Waals surface area contributed by atoms with E-state index < -0.39 is 0 Å². The molecule has 16 heavy (non-hydrogen) atoms. The third-order valence-electron chi connectivity index (χ3n) is 3.48. The minimum absolute atomic E-state index is 0.0159. The maximum Gasteiger partial charge on any atom is 0.239 e. The van der Waals surface area contributed by atoms with E-state index in [0.717, 1.165) is 32.2 Å². The smallest absolute Gasteiger partial charge is 0.239 e. The molecule has 90 valence electrons. The van der Waals surface area contributed by atoms with Gasteiger partial charge in [-0.1, -0.05) is 12.8 Å². The van der Waals surface area contributed by atoms with Crippen LogP contribution in [0.15, 0.2) is 0 Å². The van der Waals surface area contributed by atoms with Gasteiger partial charge >= 0.3 is 0 Å². The number of nitrogens with one attached hydrogen (secondary N) is 1. The van der Waals surface area contributed by atoms with Crippen LogP contribution in [0.4, 0.5) is 0 Å². The van der Waals surface area contributed by atoms with E-state index in [1.165, 1.54) is 12.8 Å². The zero-order valence-electron chi connectivity index (χ0n) is 9.71. The molecule has 0 unspecified atom stereocenters. The maximum absolute atomic E-state index is 11.7. The highest BCUT2D eigenvalue weighted by Gasteiger charge is 2.22. The van der Waals surface area contributed by atoms with Gasteiger partial charge in [0.15, 0.2) is 0 Å². The van der Waals surface area contributed by atoms with Gasteiger partial charge in [0.05, 0.1) is 6.54 Å². The van der Waals surface area contributed by atoms with Gasteiger partial charge in [-0.3, -0.25) is 9.59 Å². The summed E-state index contributed by atoms with van der Waals surface area (Å²) >= 11 is 0. The molecule has 1 saturated carbocycles. The lowest BCUT2D eigenvalue weighted by Gasteiger charge is -2.26. The standard InChI is InChI=1S/C12H20N2O2/c15-11(13-10-5-1-2-6-10)9-14-8-4-3-7-12(14)16/h10H,1-9H2,(H,13,15). The lowest BCUT2D eigenvalue weighted by Crippen LogP contribution is -2.45.